The summed E-state index contributed by atoms with van der Waals surface area (Å²) in [6.45, 7) is 0. The number of amides is 2. The third-order valence-corrected chi connectivity index (χ3v) is 3.44. The molecule has 1 aliphatic heterocycles. The van der Waals surface area contributed by atoms with Crippen LogP contribution in [0.1, 0.15) is 15.9 Å². The van der Waals surface area contributed by atoms with Crippen LogP contribution in [0.5, 0.6) is 0 Å². The molecule has 3 rings (SSSR count). The first kappa shape index (κ1) is 12.7. The van der Waals surface area contributed by atoms with E-state index in [4.69, 9.17) is 11.6 Å². The number of benzene rings is 2. The second-order valence-electron chi connectivity index (χ2n) is 4.53. The van der Waals surface area contributed by atoms with Crippen molar-refractivity contribution in [2.24, 2.45) is 0 Å². The Labute approximate surface area is 120 Å². The number of fused-ring (bicyclic) bond motifs is 1. The van der Waals surface area contributed by atoms with Crippen molar-refractivity contribution in [3.05, 3.63) is 58.6 Å². The van der Waals surface area contributed by atoms with Crippen LogP contribution in [0.3, 0.4) is 0 Å². The van der Waals surface area contributed by atoms with Gasteiger partial charge >= 0.3 is 0 Å². The molecule has 0 atom stereocenters. The lowest BCUT2D eigenvalue weighted by atomic mass is 10.1. The molecule has 100 valence electrons. The van der Waals surface area contributed by atoms with Crippen LogP contribution >= 0.6 is 11.6 Å². The molecule has 0 bridgehead atoms. The molecule has 2 amide bonds. The molecule has 20 heavy (non-hydrogen) atoms. The van der Waals surface area contributed by atoms with Gasteiger partial charge in [0.2, 0.25) is 5.91 Å². The molecule has 0 spiro atoms. The standard InChI is InChI=1S/C15H11ClN2O2/c16-11-3-1-2-4-13(11)18-15(20)9-5-6-12-10(7-9)8-14(19)17-12/h1-7H,8H2,(H,17,19)(H,18,20). The highest BCUT2D eigenvalue weighted by atomic mass is 35.5. The number of rotatable bonds is 2. The van der Waals surface area contributed by atoms with E-state index in [1.54, 1.807) is 42.5 Å². The van der Waals surface area contributed by atoms with E-state index in [1.165, 1.54) is 0 Å². The van der Waals surface area contributed by atoms with Crippen molar-refractivity contribution in [3.63, 3.8) is 0 Å². The van der Waals surface area contributed by atoms with Gasteiger partial charge in [-0.25, -0.2) is 0 Å². The molecular formula is C15H11ClN2O2. The second kappa shape index (κ2) is 4.98. The first-order valence-corrected chi connectivity index (χ1v) is 6.50. The quantitative estimate of drug-likeness (QED) is 0.891. The zero-order valence-electron chi connectivity index (χ0n) is 10.4. The summed E-state index contributed by atoms with van der Waals surface area (Å²) < 4.78 is 0. The van der Waals surface area contributed by atoms with Crippen molar-refractivity contribution in [2.75, 3.05) is 10.6 Å². The van der Waals surface area contributed by atoms with Crippen LogP contribution in [0.25, 0.3) is 0 Å². The maximum Gasteiger partial charge on any atom is 0.255 e. The van der Waals surface area contributed by atoms with Gasteiger partial charge in [-0.2, -0.15) is 0 Å². The molecule has 2 N–H and O–H groups in total. The molecule has 0 aromatic heterocycles. The maximum atomic E-state index is 12.2. The summed E-state index contributed by atoms with van der Waals surface area (Å²) in [5.41, 5.74) is 2.67. The number of hydrogen-bond acceptors (Lipinski definition) is 2. The van der Waals surface area contributed by atoms with E-state index in [0.29, 0.717) is 22.7 Å². The first-order chi connectivity index (χ1) is 9.63. The SMILES string of the molecule is O=C1Cc2cc(C(=O)Nc3ccccc3Cl)ccc2N1. The molecule has 2 aromatic rings. The van der Waals surface area contributed by atoms with Gasteiger partial charge in [0.15, 0.2) is 0 Å². The molecule has 0 saturated heterocycles. The van der Waals surface area contributed by atoms with Crippen molar-refractivity contribution in [3.8, 4) is 0 Å². The van der Waals surface area contributed by atoms with Crippen LogP contribution in [0.15, 0.2) is 42.5 Å². The average molecular weight is 287 g/mol. The minimum absolute atomic E-state index is 0.0522. The van der Waals surface area contributed by atoms with Crippen LogP contribution in [-0.4, -0.2) is 11.8 Å². The van der Waals surface area contributed by atoms with Crippen LogP contribution in [-0.2, 0) is 11.2 Å². The number of halogens is 1. The fraction of sp³-hybridized carbons (Fsp3) is 0.0667. The minimum Gasteiger partial charge on any atom is -0.326 e. The van der Waals surface area contributed by atoms with E-state index in [-0.39, 0.29) is 11.8 Å². The third-order valence-electron chi connectivity index (χ3n) is 3.11. The smallest absolute Gasteiger partial charge is 0.255 e. The summed E-state index contributed by atoms with van der Waals surface area (Å²) in [7, 11) is 0. The Morgan fingerprint density at radius 3 is 2.80 bits per heavy atom. The number of anilines is 2. The number of carbonyl (C=O) groups is 2. The van der Waals surface area contributed by atoms with Crippen LogP contribution in [0, 0.1) is 0 Å². The normalized spacial score (nSPS) is 12.8. The van der Waals surface area contributed by atoms with Gasteiger partial charge in [-0.05, 0) is 35.9 Å². The van der Waals surface area contributed by atoms with Gasteiger partial charge in [0, 0.05) is 11.3 Å². The highest BCUT2D eigenvalue weighted by Gasteiger charge is 2.19. The fourth-order valence-corrected chi connectivity index (χ4v) is 2.31. The topological polar surface area (TPSA) is 58.2 Å². The van der Waals surface area contributed by atoms with Crippen molar-refractivity contribution >= 4 is 34.8 Å². The molecule has 0 unspecified atom stereocenters. The summed E-state index contributed by atoms with van der Waals surface area (Å²) >= 11 is 6.00. The number of nitrogens with one attached hydrogen (secondary N) is 2. The van der Waals surface area contributed by atoms with Crippen molar-refractivity contribution in [2.45, 2.75) is 6.42 Å². The Morgan fingerprint density at radius 2 is 2.00 bits per heavy atom. The lowest BCUT2D eigenvalue weighted by Crippen LogP contribution is -2.12. The largest absolute Gasteiger partial charge is 0.326 e. The highest BCUT2D eigenvalue weighted by molar-refractivity contribution is 6.33. The minimum atomic E-state index is -0.250. The van der Waals surface area contributed by atoms with Crippen molar-refractivity contribution < 1.29 is 9.59 Å². The fourth-order valence-electron chi connectivity index (χ4n) is 2.13. The monoisotopic (exact) mass is 286 g/mol. The number of carbonyl (C=O) groups excluding carboxylic acids is 2. The molecule has 4 nitrogen and oxygen atoms in total. The summed E-state index contributed by atoms with van der Waals surface area (Å²) in [5, 5.41) is 5.97. The van der Waals surface area contributed by atoms with Gasteiger partial charge in [0.05, 0.1) is 17.1 Å². The summed E-state index contributed by atoms with van der Waals surface area (Å²) in [6.07, 6.45) is 0.308. The Kier molecular flexibility index (Phi) is 3.16. The highest BCUT2D eigenvalue weighted by Crippen LogP contribution is 2.25. The lowest BCUT2D eigenvalue weighted by molar-refractivity contribution is -0.115. The van der Waals surface area contributed by atoms with E-state index in [1.807, 2.05) is 0 Å². The summed E-state index contributed by atoms with van der Waals surface area (Å²) in [6, 6.07) is 12.2. The molecule has 1 aliphatic rings. The summed E-state index contributed by atoms with van der Waals surface area (Å²) in [5.74, 6) is -0.302. The van der Waals surface area contributed by atoms with Crippen molar-refractivity contribution in [1.29, 1.82) is 0 Å². The van der Waals surface area contributed by atoms with E-state index in [2.05, 4.69) is 10.6 Å². The van der Waals surface area contributed by atoms with Gasteiger partial charge in [-0.15, -0.1) is 0 Å². The Balaban J connectivity index is 1.84. The molecule has 5 heteroatoms. The van der Waals surface area contributed by atoms with Gasteiger partial charge in [-0.3, -0.25) is 9.59 Å². The van der Waals surface area contributed by atoms with Crippen LogP contribution < -0.4 is 10.6 Å². The zero-order chi connectivity index (χ0) is 14.1. The third kappa shape index (κ3) is 2.38. The van der Waals surface area contributed by atoms with Gasteiger partial charge in [-0.1, -0.05) is 23.7 Å². The van der Waals surface area contributed by atoms with E-state index in [9.17, 15) is 9.59 Å². The predicted octanol–water partition coefficient (Wildman–Crippen LogP) is 3.09. The van der Waals surface area contributed by atoms with Gasteiger partial charge < -0.3 is 10.6 Å². The number of hydrogen-bond donors (Lipinski definition) is 2. The molecular weight excluding hydrogens is 276 g/mol. The Morgan fingerprint density at radius 1 is 1.20 bits per heavy atom. The molecule has 0 saturated carbocycles. The molecule has 0 fully saturated rings. The van der Waals surface area contributed by atoms with E-state index in [0.717, 1.165) is 11.3 Å². The van der Waals surface area contributed by atoms with Crippen molar-refractivity contribution in [1.82, 2.24) is 0 Å². The zero-order valence-corrected chi connectivity index (χ0v) is 11.2. The lowest BCUT2D eigenvalue weighted by Gasteiger charge is -2.08. The van der Waals surface area contributed by atoms with Gasteiger partial charge in [0.1, 0.15) is 0 Å². The summed E-state index contributed by atoms with van der Waals surface area (Å²) in [4.78, 5) is 23.5. The average Bonchev–Trinajstić information content (AvgIpc) is 2.80. The molecule has 0 aliphatic carbocycles. The maximum absolute atomic E-state index is 12.2. The first-order valence-electron chi connectivity index (χ1n) is 6.12. The van der Waals surface area contributed by atoms with Gasteiger partial charge in [0.25, 0.3) is 5.91 Å². The molecule has 0 radical (unpaired) electrons. The molecule has 1 heterocycles. The van der Waals surface area contributed by atoms with Crippen LogP contribution in [0.2, 0.25) is 5.02 Å². The van der Waals surface area contributed by atoms with E-state index >= 15 is 0 Å². The molecule has 2 aromatic carbocycles. The van der Waals surface area contributed by atoms with E-state index < -0.39 is 0 Å². The number of para-hydroxylation sites is 1. The Hall–Kier alpha value is -2.33. The second-order valence-corrected chi connectivity index (χ2v) is 4.94. The van der Waals surface area contributed by atoms with Crippen LogP contribution in [0.4, 0.5) is 11.4 Å². The predicted molar refractivity (Wildman–Crippen MR) is 78.2 cm³/mol. The Bertz CT molecular complexity index is 713.